The highest BCUT2D eigenvalue weighted by Gasteiger charge is 2.22. The molecular formula is C14H25N3O. The Morgan fingerprint density at radius 2 is 2.33 bits per heavy atom. The summed E-state index contributed by atoms with van der Waals surface area (Å²) in [6.07, 6.45) is 6.41. The van der Waals surface area contributed by atoms with Crippen LogP contribution >= 0.6 is 0 Å². The lowest BCUT2D eigenvalue weighted by Gasteiger charge is -2.10. The largest absolute Gasteiger partial charge is 0.373 e. The van der Waals surface area contributed by atoms with E-state index in [1.165, 1.54) is 18.4 Å². The molecule has 102 valence electrons. The Hall–Kier alpha value is -0.870. The van der Waals surface area contributed by atoms with Gasteiger partial charge in [-0.2, -0.15) is 5.10 Å². The Kier molecular flexibility index (Phi) is 4.78. The fourth-order valence-corrected chi connectivity index (χ4v) is 2.45. The fraction of sp³-hybridized carbons (Fsp3) is 0.786. The molecule has 0 saturated carbocycles. The molecule has 1 aliphatic heterocycles. The van der Waals surface area contributed by atoms with Crippen LogP contribution in [0.2, 0.25) is 0 Å². The van der Waals surface area contributed by atoms with Gasteiger partial charge >= 0.3 is 0 Å². The third-order valence-electron chi connectivity index (χ3n) is 3.50. The molecule has 1 aromatic rings. The molecule has 0 spiro atoms. The summed E-state index contributed by atoms with van der Waals surface area (Å²) >= 11 is 0. The summed E-state index contributed by atoms with van der Waals surface area (Å²) in [4.78, 5) is 0. The summed E-state index contributed by atoms with van der Waals surface area (Å²) in [7, 11) is 0. The number of nitrogens with zero attached hydrogens (tertiary/aromatic N) is 2. The quantitative estimate of drug-likeness (QED) is 0.788. The number of ether oxygens (including phenoxy) is 1. The fourth-order valence-electron chi connectivity index (χ4n) is 2.45. The SMILES string of the molecule is CCCNCc1cn(CC2CCC(C)O2)nc1C. The predicted octanol–water partition coefficient (Wildman–Crippen LogP) is 2.26. The van der Waals surface area contributed by atoms with Crippen molar-refractivity contribution in [2.75, 3.05) is 6.54 Å². The van der Waals surface area contributed by atoms with E-state index >= 15 is 0 Å². The maximum absolute atomic E-state index is 5.84. The highest BCUT2D eigenvalue weighted by atomic mass is 16.5. The Morgan fingerprint density at radius 3 is 3.00 bits per heavy atom. The number of nitrogens with one attached hydrogen (secondary N) is 1. The van der Waals surface area contributed by atoms with E-state index in [0.717, 1.165) is 31.7 Å². The lowest BCUT2D eigenvalue weighted by atomic mass is 10.2. The van der Waals surface area contributed by atoms with E-state index in [4.69, 9.17) is 4.74 Å². The van der Waals surface area contributed by atoms with Gasteiger partial charge in [-0.1, -0.05) is 6.92 Å². The average Bonchev–Trinajstić information content (AvgIpc) is 2.87. The zero-order valence-corrected chi connectivity index (χ0v) is 11.8. The van der Waals surface area contributed by atoms with Crippen molar-refractivity contribution in [3.05, 3.63) is 17.5 Å². The molecule has 1 aromatic heterocycles. The number of aryl methyl sites for hydroxylation is 1. The highest BCUT2D eigenvalue weighted by Crippen LogP contribution is 2.20. The molecule has 0 aliphatic carbocycles. The molecule has 2 heterocycles. The second kappa shape index (κ2) is 6.34. The van der Waals surface area contributed by atoms with Gasteiger partial charge in [-0.05, 0) is 39.7 Å². The first kappa shape index (κ1) is 13.6. The molecule has 1 fully saturated rings. The zero-order chi connectivity index (χ0) is 13.0. The molecule has 0 radical (unpaired) electrons. The van der Waals surface area contributed by atoms with Gasteiger partial charge in [0.05, 0.1) is 24.4 Å². The third kappa shape index (κ3) is 3.56. The molecule has 0 aromatic carbocycles. The Morgan fingerprint density at radius 1 is 1.50 bits per heavy atom. The van der Waals surface area contributed by atoms with E-state index in [-0.39, 0.29) is 0 Å². The van der Waals surface area contributed by atoms with Crippen LogP contribution in [0.15, 0.2) is 6.20 Å². The average molecular weight is 251 g/mol. The van der Waals surface area contributed by atoms with E-state index in [9.17, 15) is 0 Å². The molecule has 1 N–H and O–H groups in total. The van der Waals surface area contributed by atoms with Crippen LogP contribution in [0.1, 0.15) is 44.4 Å². The van der Waals surface area contributed by atoms with Crippen LogP contribution in [-0.4, -0.2) is 28.5 Å². The second-order valence-electron chi connectivity index (χ2n) is 5.28. The minimum absolute atomic E-state index is 0.343. The van der Waals surface area contributed by atoms with Crippen molar-refractivity contribution >= 4 is 0 Å². The summed E-state index contributed by atoms with van der Waals surface area (Å²) in [5, 5.41) is 8.00. The normalized spacial score (nSPS) is 23.7. The van der Waals surface area contributed by atoms with E-state index < -0.39 is 0 Å². The van der Waals surface area contributed by atoms with Crippen molar-refractivity contribution in [3.63, 3.8) is 0 Å². The molecule has 4 heteroatoms. The standard InChI is InChI=1S/C14H25N3O/c1-4-7-15-8-13-9-17(16-12(13)3)10-14-6-5-11(2)18-14/h9,11,14-15H,4-8,10H2,1-3H3. The van der Waals surface area contributed by atoms with Gasteiger partial charge in [-0.15, -0.1) is 0 Å². The van der Waals surface area contributed by atoms with Gasteiger partial charge < -0.3 is 10.1 Å². The van der Waals surface area contributed by atoms with Gasteiger partial charge in [0.25, 0.3) is 0 Å². The van der Waals surface area contributed by atoms with Crippen molar-refractivity contribution < 1.29 is 4.74 Å². The van der Waals surface area contributed by atoms with Crippen molar-refractivity contribution in [1.29, 1.82) is 0 Å². The number of hydrogen-bond donors (Lipinski definition) is 1. The maximum atomic E-state index is 5.84. The van der Waals surface area contributed by atoms with Gasteiger partial charge in [0.2, 0.25) is 0 Å². The van der Waals surface area contributed by atoms with Crippen LogP contribution in [-0.2, 0) is 17.8 Å². The van der Waals surface area contributed by atoms with Crippen LogP contribution in [0.4, 0.5) is 0 Å². The van der Waals surface area contributed by atoms with Crippen molar-refractivity contribution in [2.45, 2.75) is 65.3 Å². The topological polar surface area (TPSA) is 39.1 Å². The lowest BCUT2D eigenvalue weighted by Crippen LogP contribution is -2.17. The van der Waals surface area contributed by atoms with Crippen molar-refractivity contribution in [2.24, 2.45) is 0 Å². The summed E-state index contributed by atoms with van der Waals surface area (Å²) in [6, 6.07) is 0. The van der Waals surface area contributed by atoms with Crippen molar-refractivity contribution in [1.82, 2.24) is 15.1 Å². The number of hydrogen-bond acceptors (Lipinski definition) is 3. The zero-order valence-electron chi connectivity index (χ0n) is 11.8. The van der Waals surface area contributed by atoms with Gasteiger partial charge in [-0.25, -0.2) is 0 Å². The highest BCUT2D eigenvalue weighted by molar-refractivity contribution is 5.15. The first-order valence-electron chi connectivity index (χ1n) is 7.08. The molecule has 2 rings (SSSR count). The summed E-state index contributed by atoms with van der Waals surface area (Å²) in [5.41, 5.74) is 2.43. The summed E-state index contributed by atoms with van der Waals surface area (Å²) < 4.78 is 7.88. The Bertz CT molecular complexity index is 375. The van der Waals surface area contributed by atoms with Crippen LogP contribution < -0.4 is 5.32 Å². The van der Waals surface area contributed by atoms with Gasteiger partial charge in [0.15, 0.2) is 0 Å². The Labute approximate surface area is 110 Å². The summed E-state index contributed by atoms with van der Waals surface area (Å²) in [6.45, 7) is 9.28. The smallest absolute Gasteiger partial charge is 0.0775 e. The monoisotopic (exact) mass is 251 g/mol. The van der Waals surface area contributed by atoms with Gasteiger partial charge in [-0.3, -0.25) is 4.68 Å². The molecule has 0 amide bonds. The van der Waals surface area contributed by atoms with E-state index in [0.29, 0.717) is 12.2 Å². The predicted molar refractivity (Wildman–Crippen MR) is 72.5 cm³/mol. The minimum atomic E-state index is 0.343. The van der Waals surface area contributed by atoms with Crippen LogP contribution in [0.25, 0.3) is 0 Å². The molecule has 0 bridgehead atoms. The van der Waals surface area contributed by atoms with Gasteiger partial charge in [0.1, 0.15) is 0 Å². The molecule has 1 saturated heterocycles. The molecule has 4 nitrogen and oxygen atoms in total. The Balaban J connectivity index is 1.87. The van der Waals surface area contributed by atoms with E-state index in [1.807, 2.05) is 4.68 Å². The lowest BCUT2D eigenvalue weighted by molar-refractivity contribution is 0.0436. The first-order valence-corrected chi connectivity index (χ1v) is 7.08. The molecule has 2 unspecified atom stereocenters. The van der Waals surface area contributed by atoms with E-state index in [1.54, 1.807) is 0 Å². The minimum Gasteiger partial charge on any atom is -0.373 e. The van der Waals surface area contributed by atoms with Crippen LogP contribution in [0.5, 0.6) is 0 Å². The molecule has 18 heavy (non-hydrogen) atoms. The molecule has 1 aliphatic rings. The summed E-state index contributed by atoms with van der Waals surface area (Å²) in [5.74, 6) is 0. The second-order valence-corrected chi connectivity index (χ2v) is 5.28. The number of aromatic nitrogens is 2. The van der Waals surface area contributed by atoms with Gasteiger partial charge in [0, 0.05) is 18.3 Å². The third-order valence-corrected chi connectivity index (χ3v) is 3.50. The maximum Gasteiger partial charge on any atom is 0.0775 e. The molecule has 2 atom stereocenters. The van der Waals surface area contributed by atoms with Crippen LogP contribution in [0, 0.1) is 6.92 Å². The first-order chi connectivity index (χ1) is 8.69. The van der Waals surface area contributed by atoms with Crippen molar-refractivity contribution in [3.8, 4) is 0 Å². The number of rotatable bonds is 6. The molecular weight excluding hydrogens is 226 g/mol. The van der Waals surface area contributed by atoms with E-state index in [2.05, 4.69) is 37.4 Å². The van der Waals surface area contributed by atoms with Crippen LogP contribution in [0.3, 0.4) is 0 Å².